The van der Waals surface area contributed by atoms with Crippen LogP contribution < -0.4 is 10.3 Å². The summed E-state index contributed by atoms with van der Waals surface area (Å²) in [4.78, 5) is 23.4. The van der Waals surface area contributed by atoms with Crippen LogP contribution in [0, 0.1) is 17.0 Å². The average molecular weight is 359 g/mol. The Balaban J connectivity index is 2.59. The first kappa shape index (κ1) is 17.0. The number of methoxy groups -OCH3 is 1. The number of benzene rings is 2. The smallest absolute Gasteiger partial charge is 0.281 e. The summed E-state index contributed by atoms with van der Waals surface area (Å²) in [6.45, 7) is 1.76. The Morgan fingerprint density at radius 3 is 2.40 bits per heavy atom. The van der Waals surface area contributed by atoms with E-state index in [9.17, 15) is 14.9 Å². The number of halogens is 1. The van der Waals surface area contributed by atoms with E-state index in [2.05, 4.69) is 0 Å². The van der Waals surface area contributed by atoms with E-state index in [-0.39, 0.29) is 17.0 Å². The minimum atomic E-state index is -0.448. The molecule has 2 aromatic carbocycles. The highest BCUT2D eigenvalue weighted by Crippen LogP contribution is 2.42. The van der Waals surface area contributed by atoms with Gasteiger partial charge in [-0.2, -0.15) is 0 Å². The van der Waals surface area contributed by atoms with Crippen molar-refractivity contribution in [3.8, 4) is 16.9 Å². The Bertz CT molecular complexity index is 1060. The second-order valence-electron chi connectivity index (χ2n) is 5.69. The van der Waals surface area contributed by atoms with Crippen LogP contribution in [0.25, 0.3) is 22.0 Å². The van der Waals surface area contributed by atoms with Crippen molar-refractivity contribution < 1.29 is 9.66 Å². The van der Waals surface area contributed by atoms with Crippen molar-refractivity contribution in [2.75, 3.05) is 7.11 Å². The normalized spacial score (nSPS) is 10.9. The average Bonchev–Trinajstić information content (AvgIpc) is 2.58. The summed E-state index contributed by atoms with van der Waals surface area (Å²) in [7, 11) is 3.04. The Kier molecular flexibility index (Phi) is 4.22. The maximum atomic E-state index is 12.2. The van der Waals surface area contributed by atoms with Gasteiger partial charge in [0.1, 0.15) is 5.75 Å². The summed E-state index contributed by atoms with van der Waals surface area (Å²) in [5, 5.41) is 12.8. The number of pyridine rings is 1. The zero-order chi connectivity index (χ0) is 18.3. The van der Waals surface area contributed by atoms with Crippen LogP contribution >= 0.6 is 11.6 Å². The lowest BCUT2D eigenvalue weighted by Gasteiger charge is -2.16. The largest absolute Gasteiger partial charge is 0.494 e. The molecule has 0 unspecified atom stereocenters. The minimum absolute atomic E-state index is 0.0894. The van der Waals surface area contributed by atoms with Crippen molar-refractivity contribution in [2.45, 2.75) is 6.92 Å². The van der Waals surface area contributed by atoms with E-state index in [4.69, 9.17) is 16.3 Å². The topological polar surface area (TPSA) is 74.4 Å². The molecule has 0 saturated heterocycles. The standard InChI is InChI=1S/C18H15ClN2O4/c1-10-8-15(22)20(2)18-14(25-3)9-13(21(23)24)17(16(10)18)11-4-6-12(19)7-5-11/h4-9H,1-3H3. The van der Waals surface area contributed by atoms with Crippen molar-refractivity contribution >= 4 is 28.2 Å². The van der Waals surface area contributed by atoms with Gasteiger partial charge < -0.3 is 9.30 Å². The van der Waals surface area contributed by atoms with Crippen LogP contribution in [-0.2, 0) is 7.05 Å². The third-order valence-electron chi connectivity index (χ3n) is 4.19. The highest BCUT2D eigenvalue weighted by atomic mass is 35.5. The van der Waals surface area contributed by atoms with Gasteiger partial charge in [0.15, 0.2) is 0 Å². The molecule has 1 heterocycles. The number of nitro benzene ring substituents is 1. The number of fused-ring (bicyclic) bond motifs is 1. The van der Waals surface area contributed by atoms with Crippen LogP contribution in [0.1, 0.15) is 5.56 Å². The van der Waals surface area contributed by atoms with Gasteiger partial charge >= 0.3 is 0 Å². The summed E-state index contributed by atoms with van der Waals surface area (Å²) < 4.78 is 6.77. The fourth-order valence-electron chi connectivity index (χ4n) is 3.02. The molecule has 6 nitrogen and oxygen atoms in total. The number of nitrogens with zero attached hydrogens (tertiary/aromatic N) is 2. The van der Waals surface area contributed by atoms with E-state index in [1.54, 1.807) is 38.2 Å². The van der Waals surface area contributed by atoms with Gasteiger partial charge in [-0.15, -0.1) is 0 Å². The Morgan fingerprint density at radius 2 is 1.84 bits per heavy atom. The zero-order valence-corrected chi connectivity index (χ0v) is 14.6. The van der Waals surface area contributed by atoms with Crippen LogP contribution in [0.15, 0.2) is 41.2 Å². The van der Waals surface area contributed by atoms with Gasteiger partial charge in [0.2, 0.25) is 0 Å². The van der Waals surface area contributed by atoms with Crippen LogP contribution in [0.2, 0.25) is 5.02 Å². The number of aromatic nitrogens is 1. The molecule has 25 heavy (non-hydrogen) atoms. The van der Waals surface area contributed by atoms with Gasteiger partial charge in [-0.3, -0.25) is 14.9 Å². The third kappa shape index (κ3) is 2.74. The maximum absolute atomic E-state index is 12.2. The predicted octanol–water partition coefficient (Wildman–Crippen LogP) is 4.08. The zero-order valence-electron chi connectivity index (χ0n) is 13.9. The van der Waals surface area contributed by atoms with E-state index in [0.29, 0.717) is 32.6 Å². The lowest BCUT2D eigenvalue weighted by molar-refractivity contribution is -0.384. The molecule has 0 spiro atoms. The second kappa shape index (κ2) is 6.22. The van der Waals surface area contributed by atoms with Crippen molar-refractivity contribution in [3.05, 3.63) is 67.5 Å². The number of aryl methyl sites for hydroxylation is 2. The summed E-state index contributed by atoms with van der Waals surface area (Å²) in [6.07, 6.45) is 0. The maximum Gasteiger partial charge on any atom is 0.281 e. The molecule has 3 aromatic rings. The van der Waals surface area contributed by atoms with Crippen molar-refractivity contribution in [1.29, 1.82) is 0 Å². The molecule has 0 aliphatic carbocycles. The van der Waals surface area contributed by atoms with Crippen LogP contribution in [0.4, 0.5) is 5.69 Å². The van der Waals surface area contributed by atoms with E-state index in [0.717, 1.165) is 0 Å². The van der Waals surface area contributed by atoms with Gasteiger partial charge in [-0.1, -0.05) is 23.7 Å². The molecule has 7 heteroatoms. The monoisotopic (exact) mass is 358 g/mol. The Morgan fingerprint density at radius 1 is 1.20 bits per heavy atom. The van der Waals surface area contributed by atoms with Crippen molar-refractivity contribution in [2.24, 2.45) is 7.05 Å². The fourth-order valence-corrected chi connectivity index (χ4v) is 3.15. The fraction of sp³-hybridized carbons (Fsp3) is 0.167. The second-order valence-corrected chi connectivity index (χ2v) is 6.12. The lowest BCUT2D eigenvalue weighted by Crippen LogP contribution is -2.17. The molecule has 0 aliphatic rings. The van der Waals surface area contributed by atoms with Gasteiger partial charge in [-0.25, -0.2) is 0 Å². The molecule has 0 radical (unpaired) electrons. The highest BCUT2D eigenvalue weighted by Gasteiger charge is 2.25. The quantitative estimate of drug-likeness (QED) is 0.522. The molecule has 0 saturated carbocycles. The molecular weight excluding hydrogens is 344 g/mol. The van der Waals surface area contributed by atoms with Crippen molar-refractivity contribution in [3.63, 3.8) is 0 Å². The number of rotatable bonds is 3. The van der Waals surface area contributed by atoms with E-state index in [1.807, 2.05) is 0 Å². The molecular formula is C18H15ClN2O4. The molecule has 0 bridgehead atoms. The SMILES string of the molecule is COc1cc([N+](=O)[O-])c(-c2ccc(Cl)cc2)c2c(C)cc(=O)n(C)c12. The summed E-state index contributed by atoms with van der Waals surface area (Å²) in [5.41, 5.74) is 1.94. The number of hydrogen-bond donors (Lipinski definition) is 0. The minimum Gasteiger partial charge on any atom is -0.494 e. The van der Waals surface area contributed by atoms with Gasteiger partial charge in [-0.05, 0) is 30.2 Å². The van der Waals surface area contributed by atoms with E-state index >= 15 is 0 Å². The predicted molar refractivity (Wildman–Crippen MR) is 97.6 cm³/mol. The number of ether oxygens (including phenoxy) is 1. The van der Waals surface area contributed by atoms with Crippen LogP contribution in [-0.4, -0.2) is 16.6 Å². The Hall–Kier alpha value is -2.86. The van der Waals surface area contributed by atoms with Crippen molar-refractivity contribution in [1.82, 2.24) is 4.57 Å². The third-order valence-corrected chi connectivity index (χ3v) is 4.45. The van der Waals surface area contributed by atoms with Gasteiger partial charge in [0.25, 0.3) is 11.2 Å². The molecule has 0 N–H and O–H groups in total. The molecule has 1 aromatic heterocycles. The van der Waals surface area contributed by atoms with E-state index < -0.39 is 4.92 Å². The first-order valence-corrected chi connectivity index (χ1v) is 7.84. The molecule has 0 aliphatic heterocycles. The summed E-state index contributed by atoms with van der Waals surface area (Å²) >= 11 is 5.95. The summed E-state index contributed by atoms with van der Waals surface area (Å²) in [6, 6.07) is 9.61. The molecule has 0 fully saturated rings. The van der Waals surface area contributed by atoms with Crippen LogP contribution in [0.3, 0.4) is 0 Å². The van der Waals surface area contributed by atoms with Crippen LogP contribution in [0.5, 0.6) is 5.75 Å². The van der Waals surface area contributed by atoms with Gasteiger partial charge in [0, 0.05) is 23.5 Å². The molecule has 3 rings (SSSR count). The lowest BCUT2D eigenvalue weighted by atomic mass is 9.95. The first-order valence-electron chi connectivity index (χ1n) is 7.46. The Labute approximate surface area is 148 Å². The number of nitro groups is 1. The molecule has 0 atom stereocenters. The van der Waals surface area contributed by atoms with E-state index in [1.165, 1.54) is 23.8 Å². The molecule has 128 valence electrons. The number of hydrogen-bond acceptors (Lipinski definition) is 4. The highest BCUT2D eigenvalue weighted by molar-refractivity contribution is 6.30. The van der Waals surface area contributed by atoms with Gasteiger partial charge in [0.05, 0.1) is 29.2 Å². The summed E-state index contributed by atoms with van der Waals surface area (Å²) in [5.74, 6) is 0.280. The first-order chi connectivity index (χ1) is 11.8. The molecule has 0 amide bonds.